The smallest absolute Gasteiger partial charge is 0.253 e. The average molecular weight is 401 g/mol. The van der Waals surface area contributed by atoms with Crippen LogP contribution in [0.5, 0.6) is 0 Å². The first-order valence-electron chi connectivity index (χ1n) is 9.62. The molecule has 2 aromatic carbocycles. The van der Waals surface area contributed by atoms with E-state index < -0.39 is 0 Å². The van der Waals surface area contributed by atoms with E-state index in [4.69, 9.17) is 4.74 Å². The van der Waals surface area contributed by atoms with Crippen molar-refractivity contribution in [2.75, 3.05) is 44.1 Å². The molecule has 0 unspecified atom stereocenters. The Hall–Kier alpha value is -2.93. The Bertz CT molecular complexity index is 823. The third kappa shape index (κ3) is 7.19. The highest BCUT2D eigenvalue weighted by atomic mass is 19.1. The van der Waals surface area contributed by atoms with Crippen molar-refractivity contribution >= 4 is 23.2 Å². The molecule has 0 bridgehead atoms. The molecule has 29 heavy (non-hydrogen) atoms. The summed E-state index contributed by atoms with van der Waals surface area (Å²) < 4.78 is 18.3. The van der Waals surface area contributed by atoms with Crippen LogP contribution in [0.25, 0.3) is 0 Å². The van der Waals surface area contributed by atoms with E-state index >= 15 is 0 Å². The molecule has 0 heterocycles. The van der Waals surface area contributed by atoms with Gasteiger partial charge in [0.2, 0.25) is 5.91 Å². The summed E-state index contributed by atoms with van der Waals surface area (Å²) >= 11 is 0. The molecule has 2 rings (SSSR count). The van der Waals surface area contributed by atoms with E-state index in [-0.39, 0.29) is 24.1 Å². The van der Waals surface area contributed by atoms with Gasteiger partial charge in [0.25, 0.3) is 5.91 Å². The van der Waals surface area contributed by atoms with Gasteiger partial charge in [0.15, 0.2) is 0 Å². The Balaban J connectivity index is 2.05. The number of rotatable bonds is 10. The third-order valence-electron chi connectivity index (χ3n) is 4.24. The second-order valence-corrected chi connectivity index (χ2v) is 6.78. The van der Waals surface area contributed by atoms with Crippen molar-refractivity contribution in [1.29, 1.82) is 0 Å². The van der Waals surface area contributed by atoms with Crippen LogP contribution in [-0.2, 0) is 16.0 Å². The molecule has 156 valence electrons. The SMILES string of the molecule is CCOCCCNC(=O)c1cc(NC(=O)Cc2ccc(F)cc2)ccc1N(C)C. The molecule has 7 heteroatoms. The van der Waals surface area contributed by atoms with Gasteiger partial charge in [-0.25, -0.2) is 4.39 Å². The normalized spacial score (nSPS) is 10.5. The monoisotopic (exact) mass is 401 g/mol. The minimum absolute atomic E-state index is 0.120. The lowest BCUT2D eigenvalue weighted by Gasteiger charge is -2.18. The van der Waals surface area contributed by atoms with Crippen LogP contribution in [0.2, 0.25) is 0 Å². The molecule has 0 aromatic heterocycles. The highest BCUT2D eigenvalue weighted by Gasteiger charge is 2.15. The maximum Gasteiger partial charge on any atom is 0.253 e. The van der Waals surface area contributed by atoms with Gasteiger partial charge in [-0.2, -0.15) is 0 Å². The predicted octanol–water partition coefficient (Wildman–Crippen LogP) is 3.23. The van der Waals surface area contributed by atoms with Crippen LogP contribution < -0.4 is 15.5 Å². The van der Waals surface area contributed by atoms with Crippen LogP contribution in [0, 0.1) is 5.82 Å². The summed E-state index contributed by atoms with van der Waals surface area (Å²) in [5.41, 5.74) is 2.47. The second-order valence-electron chi connectivity index (χ2n) is 6.78. The summed E-state index contributed by atoms with van der Waals surface area (Å²) in [7, 11) is 3.71. The molecule has 0 fully saturated rings. The lowest BCUT2D eigenvalue weighted by atomic mass is 10.1. The van der Waals surface area contributed by atoms with Gasteiger partial charge >= 0.3 is 0 Å². The van der Waals surface area contributed by atoms with Crippen LogP contribution in [0.1, 0.15) is 29.3 Å². The molecule has 6 nitrogen and oxygen atoms in total. The van der Waals surface area contributed by atoms with Crippen molar-refractivity contribution in [3.05, 3.63) is 59.4 Å². The van der Waals surface area contributed by atoms with Gasteiger partial charge < -0.3 is 20.3 Å². The van der Waals surface area contributed by atoms with Crippen LogP contribution >= 0.6 is 0 Å². The molecule has 0 radical (unpaired) electrons. The van der Waals surface area contributed by atoms with Gasteiger partial charge in [-0.15, -0.1) is 0 Å². The van der Waals surface area contributed by atoms with E-state index in [0.717, 1.165) is 12.1 Å². The Labute approximate surface area is 171 Å². The van der Waals surface area contributed by atoms with Gasteiger partial charge in [0.1, 0.15) is 5.82 Å². The Kier molecular flexibility index (Phi) is 8.61. The summed E-state index contributed by atoms with van der Waals surface area (Å²) in [4.78, 5) is 26.8. The molecule has 0 saturated heterocycles. The summed E-state index contributed by atoms with van der Waals surface area (Å²) in [6.45, 7) is 3.68. The van der Waals surface area contributed by atoms with E-state index in [1.807, 2.05) is 25.9 Å². The first-order chi connectivity index (χ1) is 13.9. The first kappa shape index (κ1) is 22.4. The number of nitrogens with one attached hydrogen (secondary N) is 2. The lowest BCUT2D eigenvalue weighted by molar-refractivity contribution is -0.115. The van der Waals surface area contributed by atoms with Gasteiger partial charge in [-0.05, 0) is 49.2 Å². The molecule has 0 aliphatic carbocycles. The summed E-state index contributed by atoms with van der Waals surface area (Å²) in [5.74, 6) is -0.789. The fourth-order valence-corrected chi connectivity index (χ4v) is 2.79. The first-order valence-corrected chi connectivity index (χ1v) is 9.62. The fourth-order valence-electron chi connectivity index (χ4n) is 2.79. The number of hydrogen-bond acceptors (Lipinski definition) is 4. The number of amides is 2. The molecule has 0 spiro atoms. The van der Waals surface area contributed by atoms with Gasteiger partial charge in [0, 0.05) is 45.2 Å². The number of ether oxygens (including phenoxy) is 1. The van der Waals surface area contributed by atoms with Gasteiger partial charge in [0.05, 0.1) is 12.0 Å². The number of nitrogens with zero attached hydrogens (tertiary/aromatic N) is 1. The van der Waals surface area contributed by atoms with E-state index in [2.05, 4.69) is 10.6 Å². The van der Waals surface area contributed by atoms with Crippen LogP contribution in [0.15, 0.2) is 42.5 Å². The molecule has 0 saturated carbocycles. The van der Waals surface area contributed by atoms with Crippen molar-refractivity contribution in [3.8, 4) is 0 Å². The summed E-state index contributed by atoms with van der Waals surface area (Å²) in [5, 5.41) is 5.68. The minimum Gasteiger partial charge on any atom is -0.382 e. The van der Waals surface area contributed by atoms with Crippen molar-refractivity contribution in [3.63, 3.8) is 0 Å². The molecular formula is C22H28FN3O3. The van der Waals surface area contributed by atoms with Gasteiger partial charge in [-0.1, -0.05) is 12.1 Å². The molecule has 2 amide bonds. The predicted molar refractivity (Wildman–Crippen MR) is 113 cm³/mol. The number of hydrogen-bond donors (Lipinski definition) is 2. The number of benzene rings is 2. The zero-order chi connectivity index (χ0) is 21.2. The van der Waals surface area contributed by atoms with E-state index in [1.54, 1.807) is 30.3 Å². The molecule has 2 N–H and O–H groups in total. The third-order valence-corrected chi connectivity index (χ3v) is 4.24. The summed E-state index contributed by atoms with van der Waals surface area (Å²) in [6, 6.07) is 11.0. The fraction of sp³-hybridized carbons (Fsp3) is 0.364. The Morgan fingerprint density at radius 3 is 2.48 bits per heavy atom. The van der Waals surface area contributed by atoms with E-state index in [9.17, 15) is 14.0 Å². The molecule has 0 atom stereocenters. The number of carbonyl (C=O) groups excluding carboxylic acids is 2. The Morgan fingerprint density at radius 1 is 1.10 bits per heavy atom. The zero-order valence-electron chi connectivity index (χ0n) is 17.1. The zero-order valence-corrected chi connectivity index (χ0v) is 17.1. The second kappa shape index (κ2) is 11.2. The molecule has 2 aromatic rings. The Morgan fingerprint density at radius 2 is 1.83 bits per heavy atom. The van der Waals surface area contributed by atoms with Crippen molar-refractivity contribution < 1.29 is 18.7 Å². The van der Waals surface area contributed by atoms with Crippen LogP contribution in [0.4, 0.5) is 15.8 Å². The van der Waals surface area contributed by atoms with Crippen molar-refractivity contribution in [2.24, 2.45) is 0 Å². The van der Waals surface area contributed by atoms with Gasteiger partial charge in [-0.3, -0.25) is 9.59 Å². The average Bonchev–Trinajstić information content (AvgIpc) is 2.69. The minimum atomic E-state index is -0.342. The molecule has 0 aliphatic rings. The maximum atomic E-state index is 13.0. The number of carbonyl (C=O) groups is 2. The van der Waals surface area contributed by atoms with Crippen LogP contribution in [0.3, 0.4) is 0 Å². The molecular weight excluding hydrogens is 373 g/mol. The molecule has 0 aliphatic heterocycles. The highest BCUT2D eigenvalue weighted by Crippen LogP contribution is 2.23. The highest BCUT2D eigenvalue weighted by molar-refractivity contribution is 6.02. The van der Waals surface area contributed by atoms with Crippen LogP contribution in [-0.4, -0.2) is 45.7 Å². The number of anilines is 2. The maximum absolute atomic E-state index is 13.0. The standard InChI is InChI=1S/C22H28FN3O3/c1-4-29-13-5-12-24-22(28)19-15-18(10-11-20(19)26(2)3)25-21(27)14-16-6-8-17(23)9-7-16/h6-11,15H,4-5,12-14H2,1-3H3,(H,24,28)(H,25,27). The quantitative estimate of drug-likeness (QED) is 0.600. The largest absolute Gasteiger partial charge is 0.382 e. The summed E-state index contributed by atoms with van der Waals surface area (Å²) in [6.07, 6.45) is 0.847. The van der Waals surface area contributed by atoms with Crippen molar-refractivity contribution in [1.82, 2.24) is 5.32 Å². The van der Waals surface area contributed by atoms with E-state index in [0.29, 0.717) is 36.6 Å². The lowest BCUT2D eigenvalue weighted by Crippen LogP contribution is -2.27. The number of halogens is 1. The van der Waals surface area contributed by atoms with E-state index in [1.165, 1.54) is 12.1 Å². The van der Waals surface area contributed by atoms with Crippen molar-refractivity contribution in [2.45, 2.75) is 19.8 Å². The topological polar surface area (TPSA) is 70.7 Å².